The Hall–Kier alpha value is -1.04. The van der Waals surface area contributed by atoms with Crippen LogP contribution in [-0.2, 0) is 5.75 Å². The predicted octanol–water partition coefficient (Wildman–Crippen LogP) is 9.36. The summed E-state index contributed by atoms with van der Waals surface area (Å²) in [6.07, 6.45) is 0. The van der Waals surface area contributed by atoms with E-state index in [1.54, 1.807) is 29.2 Å². The van der Waals surface area contributed by atoms with Crippen LogP contribution in [0.25, 0.3) is 10.2 Å². The van der Waals surface area contributed by atoms with Gasteiger partial charge in [0.05, 0.1) is 27.0 Å². The number of carbonyl (C=O) groups excluding carboxylic acids is 2. The molecule has 5 rings (SSSR count). The van der Waals surface area contributed by atoms with Crippen LogP contribution >= 0.6 is 86.8 Å². The number of thioether (sulfide) groups is 1. The molecule has 0 spiro atoms. The minimum Gasteiger partial charge on any atom is -0.268 e. The van der Waals surface area contributed by atoms with E-state index in [0.717, 1.165) is 20.3 Å². The number of thiazole rings is 1. The Kier molecular flexibility index (Phi) is 7.08. The molecule has 0 unspecified atom stereocenters. The summed E-state index contributed by atoms with van der Waals surface area (Å²) in [6.45, 7) is 6.41. The molecule has 3 aromatic carbocycles. The highest BCUT2D eigenvalue weighted by Gasteiger charge is 2.42. The molecule has 1 aliphatic heterocycles. The fourth-order valence-corrected chi connectivity index (χ4v) is 9.00. The summed E-state index contributed by atoms with van der Waals surface area (Å²) in [5.74, 6) is 0.110. The first-order chi connectivity index (χ1) is 16.6. The van der Waals surface area contributed by atoms with Crippen molar-refractivity contribution in [3.05, 3.63) is 81.6 Å². The van der Waals surface area contributed by atoms with Gasteiger partial charge in [-0.3, -0.25) is 9.59 Å². The first-order valence-electron chi connectivity index (χ1n) is 10.4. The summed E-state index contributed by atoms with van der Waals surface area (Å²) < 4.78 is 4.32. The topological polar surface area (TPSA) is 50.3 Å². The summed E-state index contributed by atoms with van der Waals surface area (Å²) >= 11 is 17.2. The van der Waals surface area contributed by atoms with Gasteiger partial charge < -0.3 is 0 Å². The van der Waals surface area contributed by atoms with Crippen LogP contribution in [0.5, 0.6) is 0 Å². The zero-order chi connectivity index (χ0) is 25.2. The van der Waals surface area contributed by atoms with Gasteiger partial charge in [-0.05, 0) is 119 Å². The van der Waals surface area contributed by atoms with E-state index in [9.17, 15) is 9.59 Å². The van der Waals surface area contributed by atoms with Gasteiger partial charge in [-0.25, -0.2) is 9.88 Å². The molecule has 0 radical (unpaired) electrons. The lowest BCUT2D eigenvalue weighted by atomic mass is 10.0. The Morgan fingerprint density at radius 1 is 0.857 bits per heavy atom. The Morgan fingerprint density at radius 3 is 2.00 bits per heavy atom. The number of fused-ring (bicyclic) bond motifs is 2. The molecule has 0 saturated carbocycles. The smallest absolute Gasteiger partial charge is 0.267 e. The molecule has 0 aliphatic carbocycles. The molecule has 2 heterocycles. The Balaban J connectivity index is 1.46. The van der Waals surface area contributed by atoms with Gasteiger partial charge in [-0.2, -0.15) is 0 Å². The second-order valence-electron chi connectivity index (χ2n) is 8.25. The molecule has 0 fully saturated rings. The van der Waals surface area contributed by atoms with Crippen molar-refractivity contribution in [3.63, 3.8) is 0 Å². The van der Waals surface area contributed by atoms with Gasteiger partial charge >= 0.3 is 0 Å². The fourth-order valence-electron chi connectivity index (χ4n) is 4.25. The number of imide groups is 1. The third-order valence-electron chi connectivity index (χ3n) is 5.89. The first-order valence-corrected chi connectivity index (χ1v) is 15.4. The van der Waals surface area contributed by atoms with Crippen LogP contribution in [0.1, 0.15) is 43.0 Å². The van der Waals surface area contributed by atoms with Gasteiger partial charge in [-0.15, -0.1) is 11.3 Å². The molecular formula is C25H16Br4N2O2S2. The lowest BCUT2D eigenvalue weighted by Gasteiger charge is -2.13. The van der Waals surface area contributed by atoms with Crippen molar-refractivity contribution in [1.29, 1.82) is 0 Å². The van der Waals surface area contributed by atoms with Crippen molar-refractivity contribution >= 4 is 115 Å². The number of aryl methyl sites for hydroxylation is 3. The first kappa shape index (κ1) is 25.6. The van der Waals surface area contributed by atoms with Gasteiger partial charge in [0.15, 0.2) is 4.34 Å². The summed E-state index contributed by atoms with van der Waals surface area (Å²) in [6, 6.07) is 9.94. The number of amides is 2. The third kappa shape index (κ3) is 4.38. The molecule has 0 N–H and O–H groups in total. The second kappa shape index (κ2) is 9.68. The molecule has 178 valence electrons. The van der Waals surface area contributed by atoms with Crippen LogP contribution in [-0.4, -0.2) is 16.8 Å². The summed E-state index contributed by atoms with van der Waals surface area (Å²) in [7, 11) is 0. The fraction of sp³-hybridized carbons (Fsp3) is 0.160. The van der Waals surface area contributed by atoms with Crippen LogP contribution in [0.4, 0.5) is 5.69 Å². The number of carbonyl (C=O) groups is 2. The maximum atomic E-state index is 13.3. The van der Waals surface area contributed by atoms with Gasteiger partial charge in [0.2, 0.25) is 0 Å². The van der Waals surface area contributed by atoms with E-state index in [1.807, 2.05) is 12.1 Å². The lowest BCUT2D eigenvalue weighted by Crippen LogP contribution is -2.29. The van der Waals surface area contributed by atoms with Gasteiger partial charge in [0.25, 0.3) is 11.8 Å². The van der Waals surface area contributed by atoms with Crippen molar-refractivity contribution in [2.24, 2.45) is 0 Å². The van der Waals surface area contributed by atoms with Gasteiger partial charge in [-0.1, -0.05) is 29.5 Å². The molecule has 10 heteroatoms. The highest BCUT2D eigenvalue weighted by atomic mass is 79.9. The summed E-state index contributed by atoms with van der Waals surface area (Å²) in [5.41, 5.74) is 7.23. The van der Waals surface area contributed by atoms with Crippen LogP contribution in [0, 0.1) is 20.8 Å². The highest BCUT2D eigenvalue weighted by molar-refractivity contribution is 9.15. The minimum atomic E-state index is -0.366. The van der Waals surface area contributed by atoms with E-state index in [4.69, 9.17) is 4.98 Å². The zero-order valence-corrected chi connectivity index (χ0v) is 26.6. The number of nitrogens with zero attached hydrogens (tertiary/aromatic N) is 2. The summed E-state index contributed by atoms with van der Waals surface area (Å²) in [4.78, 5) is 32.7. The monoisotopic (exact) mass is 756 g/mol. The number of aromatic nitrogens is 1. The van der Waals surface area contributed by atoms with Gasteiger partial charge in [0.1, 0.15) is 0 Å². The van der Waals surface area contributed by atoms with E-state index in [1.165, 1.54) is 27.2 Å². The largest absolute Gasteiger partial charge is 0.268 e. The lowest BCUT2D eigenvalue weighted by molar-refractivity contribution is 0.0926. The molecule has 0 saturated heterocycles. The van der Waals surface area contributed by atoms with Crippen molar-refractivity contribution < 1.29 is 9.59 Å². The zero-order valence-electron chi connectivity index (χ0n) is 18.6. The average molecular weight is 760 g/mol. The molecule has 2 amide bonds. The number of hydrogen-bond acceptors (Lipinski definition) is 5. The maximum Gasteiger partial charge on any atom is 0.267 e. The predicted molar refractivity (Wildman–Crippen MR) is 158 cm³/mol. The molecule has 35 heavy (non-hydrogen) atoms. The van der Waals surface area contributed by atoms with Crippen LogP contribution in [0.15, 0.2) is 52.6 Å². The molecular weight excluding hydrogens is 744 g/mol. The normalized spacial score (nSPS) is 13.3. The summed E-state index contributed by atoms with van der Waals surface area (Å²) in [5, 5.41) is 0. The maximum absolute atomic E-state index is 13.3. The van der Waals surface area contributed by atoms with Gasteiger partial charge in [0, 0.05) is 23.6 Å². The number of hydrogen-bond donors (Lipinski definition) is 0. The van der Waals surface area contributed by atoms with E-state index in [0.29, 0.717) is 34.7 Å². The molecule has 4 nitrogen and oxygen atoms in total. The molecule has 0 atom stereocenters. The number of halogens is 4. The van der Waals surface area contributed by atoms with Crippen molar-refractivity contribution in [3.8, 4) is 0 Å². The standard InChI is InChI=1S/C25H16Br4N2O2S2/c1-10-6-11(2)14(12(3)7-10)9-34-25-30-15-5-4-13(8-16(15)35-25)31-23(32)17-18(24(31)33)20(27)22(29)21(28)19(17)26/h4-8H,9H2,1-3H3. The quantitative estimate of drug-likeness (QED) is 0.0901. The number of benzene rings is 3. The second-order valence-corrected chi connectivity index (χ2v) is 13.7. The minimum absolute atomic E-state index is 0.335. The Bertz CT molecular complexity index is 1510. The van der Waals surface area contributed by atoms with E-state index in [2.05, 4.69) is 96.6 Å². The number of rotatable bonds is 4. The molecule has 0 bridgehead atoms. The average Bonchev–Trinajstić information content (AvgIpc) is 3.32. The van der Waals surface area contributed by atoms with Crippen LogP contribution < -0.4 is 4.90 Å². The van der Waals surface area contributed by atoms with E-state index >= 15 is 0 Å². The van der Waals surface area contributed by atoms with Crippen molar-refractivity contribution in [2.75, 3.05) is 4.90 Å². The number of anilines is 1. The van der Waals surface area contributed by atoms with E-state index in [-0.39, 0.29) is 11.8 Å². The Labute approximate surface area is 244 Å². The highest BCUT2D eigenvalue weighted by Crippen LogP contribution is 2.46. The molecule has 4 aromatic rings. The van der Waals surface area contributed by atoms with Crippen molar-refractivity contribution in [1.82, 2.24) is 4.98 Å². The van der Waals surface area contributed by atoms with Crippen LogP contribution in [0.2, 0.25) is 0 Å². The molecule has 1 aliphatic rings. The van der Waals surface area contributed by atoms with E-state index < -0.39 is 0 Å². The third-order valence-corrected chi connectivity index (χ3v) is 12.8. The Morgan fingerprint density at radius 2 is 1.43 bits per heavy atom. The molecule has 1 aromatic heterocycles. The van der Waals surface area contributed by atoms with Crippen LogP contribution in [0.3, 0.4) is 0 Å². The van der Waals surface area contributed by atoms with Crippen molar-refractivity contribution in [2.45, 2.75) is 30.9 Å². The SMILES string of the molecule is Cc1cc(C)c(CSc2nc3ccc(N4C(=O)c5c(Br)c(Br)c(Br)c(Br)c5C4=O)cc3s2)c(C)c1.